The average Bonchev–Trinajstić information content (AvgIpc) is 3.24. The number of aromatic nitrogens is 2. The number of benzene rings is 1. The van der Waals surface area contributed by atoms with E-state index in [4.69, 9.17) is 15.0 Å². The van der Waals surface area contributed by atoms with E-state index in [1.807, 2.05) is 0 Å². The summed E-state index contributed by atoms with van der Waals surface area (Å²) >= 11 is 0. The first-order valence-electron chi connectivity index (χ1n) is 6.60. The summed E-state index contributed by atoms with van der Waals surface area (Å²) in [6.07, 6.45) is 2.13. The smallest absolute Gasteiger partial charge is 0.311 e. The van der Waals surface area contributed by atoms with E-state index >= 15 is 0 Å². The molecule has 0 atom stereocenters. The Balaban J connectivity index is 1.72. The third kappa shape index (κ3) is 3.00. The molecule has 1 aromatic heterocycles. The van der Waals surface area contributed by atoms with Crippen LogP contribution in [0.3, 0.4) is 0 Å². The second-order valence-electron chi connectivity index (χ2n) is 4.88. The Morgan fingerprint density at radius 3 is 2.95 bits per heavy atom. The first-order chi connectivity index (χ1) is 10.2. The van der Waals surface area contributed by atoms with E-state index < -0.39 is 4.92 Å². The van der Waals surface area contributed by atoms with Crippen molar-refractivity contribution in [2.45, 2.75) is 31.9 Å². The van der Waals surface area contributed by atoms with Crippen molar-refractivity contribution in [2.75, 3.05) is 0 Å². The normalized spacial score (nSPS) is 14.1. The lowest BCUT2D eigenvalue weighted by molar-refractivity contribution is -0.386. The molecule has 21 heavy (non-hydrogen) atoms. The minimum Gasteiger partial charge on any atom is -0.478 e. The molecule has 1 aliphatic rings. The molecule has 0 radical (unpaired) electrons. The van der Waals surface area contributed by atoms with E-state index in [1.165, 1.54) is 12.1 Å². The van der Waals surface area contributed by atoms with Crippen LogP contribution >= 0.6 is 0 Å². The molecule has 2 aromatic rings. The van der Waals surface area contributed by atoms with Crippen molar-refractivity contribution in [1.29, 1.82) is 0 Å². The van der Waals surface area contributed by atoms with E-state index in [0.29, 0.717) is 23.2 Å². The summed E-state index contributed by atoms with van der Waals surface area (Å²) in [5.74, 6) is 1.52. The molecule has 0 amide bonds. The Hall–Kier alpha value is -2.48. The quantitative estimate of drug-likeness (QED) is 0.637. The van der Waals surface area contributed by atoms with Gasteiger partial charge in [-0.15, -0.1) is 0 Å². The summed E-state index contributed by atoms with van der Waals surface area (Å²) in [4.78, 5) is 14.7. The minimum absolute atomic E-state index is 0.0268. The minimum atomic E-state index is -0.500. The maximum Gasteiger partial charge on any atom is 0.311 e. The number of rotatable bonds is 6. The predicted molar refractivity (Wildman–Crippen MR) is 71.6 cm³/mol. The lowest BCUT2D eigenvalue weighted by Gasteiger charge is -2.05. The maximum absolute atomic E-state index is 11.0. The Kier molecular flexibility index (Phi) is 3.53. The fourth-order valence-corrected chi connectivity index (χ4v) is 1.92. The molecule has 0 unspecified atom stereocenters. The van der Waals surface area contributed by atoms with Crippen molar-refractivity contribution in [3.8, 4) is 5.75 Å². The molecule has 0 bridgehead atoms. The van der Waals surface area contributed by atoms with Crippen LogP contribution in [0.2, 0.25) is 0 Å². The van der Waals surface area contributed by atoms with Crippen molar-refractivity contribution in [3.63, 3.8) is 0 Å². The maximum atomic E-state index is 11.0. The fraction of sp³-hybridized carbons (Fsp3) is 0.385. The molecular formula is C13H14N4O4. The summed E-state index contributed by atoms with van der Waals surface area (Å²) in [5, 5.41) is 14.8. The van der Waals surface area contributed by atoms with Gasteiger partial charge in [0, 0.05) is 18.5 Å². The molecule has 8 nitrogen and oxygen atoms in total. The first-order valence-corrected chi connectivity index (χ1v) is 6.60. The number of hydrogen-bond acceptors (Lipinski definition) is 7. The molecule has 1 fully saturated rings. The van der Waals surface area contributed by atoms with Crippen molar-refractivity contribution >= 4 is 5.69 Å². The van der Waals surface area contributed by atoms with E-state index in [2.05, 4.69) is 10.1 Å². The molecule has 0 aliphatic heterocycles. The fourth-order valence-electron chi connectivity index (χ4n) is 1.92. The van der Waals surface area contributed by atoms with Crippen molar-refractivity contribution < 1.29 is 14.2 Å². The predicted octanol–water partition coefficient (Wildman–Crippen LogP) is 1.89. The summed E-state index contributed by atoms with van der Waals surface area (Å²) < 4.78 is 10.5. The van der Waals surface area contributed by atoms with Gasteiger partial charge in [0.15, 0.2) is 12.4 Å². The highest BCUT2D eigenvalue weighted by molar-refractivity contribution is 5.48. The van der Waals surface area contributed by atoms with Gasteiger partial charge in [-0.25, -0.2) is 0 Å². The van der Waals surface area contributed by atoms with Gasteiger partial charge < -0.3 is 15.0 Å². The summed E-state index contributed by atoms with van der Waals surface area (Å²) in [5.41, 5.74) is 6.02. The van der Waals surface area contributed by atoms with Crippen LogP contribution in [0, 0.1) is 10.1 Å². The van der Waals surface area contributed by atoms with Crippen LogP contribution in [-0.4, -0.2) is 15.1 Å². The third-order valence-electron chi connectivity index (χ3n) is 3.22. The van der Waals surface area contributed by atoms with Crippen LogP contribution < -0.4 is 10.5 Å². The van der Waals surface area contributed by atoms with Gasteiger partial charge in [0.1, 0.15) is 0 Å². The standard InChI is InChI=1S/C13H14N4O4/c14-6-8-1-4-11(10(5-8)17(18)19)20-7-12-15-13(21-16-12)9-2-3-9/h1,4-5,9H,2-3,6-7,14H2. The monoisotopic (exact) mass is 290 g/mol. The SMILES string of the molecule is NCc1ccc(OCc2noc(C3CC3)n2)c([N+](=O)[O-])c1. The lowest BCUT2D eigenvalue weighted by atomic mass is 10.2. The average molecular weight is 290 g/mol. The van der Waals surface area contributed by atoms with Crippen LogP contribution in [0.15, 0.2) is 22.7 Å². The molecule has 0 spiro atoms. The Bertz CT molecular complexity index is 666. The molecule has 3 rings (SSSR count). The number of hydrogen-bond donors (Lipinski definition) is 1. The highest BCUT2D eigenvalue weighted by Gasteiger charge is 2.29. The van der Waals surface area contributed by atoms with Crippen LogP contribution in [0.4, 0.5) is 5.69 Å². The highest BCUT2D eigenvalue weighted by Crippen LogP contribution is 2.38. The van der Waals surface area contributed by atoms with Crippen LogP contribution in [0.25, 0.3) is 0 Å². The number of nitrogens with two attached hydrogens (primary N) is 1. The van der Waals surface area contributed by atoms with Gasteiger partial charge in [-0.1, -0.05) is 11.2 Å². The Labute approximate surface area is 120 Å². The Morgan fingerprint density at radius 1 is 1.48 bits per heavy atom. The molecule has 1 aromatic carbocycles. The van der Waals surface area contributed by atoms with E-state index in [-0.39, 0.29) is 24.6 Å². The van der Waals surface area contributed by atoms with E-state index in [9.17, 15) is 10.1 Å². The van der Waals surface area contributed by atoms with E-state index in [0.717, 1.165) is 12.8 Å². The molecule has 2 N–H and O–H groups in total. The first kappa shape index (κ1) is 13.5. The van der Waals surface area contributed by atoms with Gasteiger partial charge in [0.2, 0.25) is 11.7 Å². The van der Waals surface area contributed by atoms with Crippen molar-refractivity contribution in [2.24, 2.45) is 5.73 Å². The van der Waals surface area contributed by atoms with Gasteiger partial charge in [-0.05, 0) is 24.5 Å². The van der Waals surface area contributed by atoms with Gasteiger partial charge in [0.05, 0.1) is 4.92 Å². The zero-order valence-electron chi connectivity index (χ0n) is 11.2. The third-order valence-corrected chi connectivity index (χ3v) is 3.22. The van der Waals surface area contributed by atoms with Gasteiger partial charge in [-0.3, -0.25) is 10.1 Å². The molecule has 1 saturated carbocycles. The second kappa shape index (κ2) is 5.49. The van der Waals surface area contributed by atoms with Gasteiger partial charge >= 0.3 is 5.69 Å². The lowest BCUT2D eigenvalue weighted by Crippen LogP contribution is -2.03. The van der Waals surface area contributed by atoms with Crippen LogP contribution in [0.5, 0.6) is 5.75 Å². The second-order valence-corrected chi connectivity index (χ2v) is 4.88. The van der Waals surface area contributed by atoms with Crippen LogP contribution in [0.1, 0.15) is 36.0 Å². The number of nitro benzene ring substituents is 1. The number of ether oxygens (including phenoxy) is 1. The summed E-state index contributed by atoms with van der Waals surface area (Å²) in [7, 11) is 0. The molecule has 1 heterocycles. The van der Waals surface area contributed by atoms with Crippen molar-refractivity contribution in [1.82, 2.24) is 10.1 Å². The molecule has 1 aliphatic carbocycles. The van der Waals surface area contributed by atoms with Crippen molar-refractivity contribution in [3.05, 3.63) is 45.6 Å². The van der Waals surface area contributed by atoms with E-state index in [1.54, 1.807) is 6.07 Å². The zero-order chi connectivity index (χ0) is 14.8. The largest absolute Gasteiger partial charge is 0.478 e. The summed E-state index contributed by atoms with van der Waals surface area (Å²) in [6, 6.07) is 4.62. The molecular weight excluding hydrogens is 276 g/mol. The van der Waals surface area contributed by atoms with Crippen LogP contribution in [-0.2, 0) is 13.2 Å². The molecule has 0 saturated heterocycles. The summed E-state index contributed by atoms with van der Waals surface area (Å²) in [6.45, 7) is 0.260. The number of nitro groups is 1. The number of nitrogens with zero attached hydrogens (tertiary/aromatic N) is 3. The van der Waals surface area contributed by atoms with Gasteiger partial charge in [-0.2, -0.15) is 4.98 Å². The molecule has 8 heteroatoms. The van der Waals surface area contributed by atoms with Gasteiger partial charge in [0.25, 0.3) is 0 Å². The highest BCUT2D eigenvalue weighted by atomic mass is 16.6. The zero-order valence-corrected chi connectivity index (χ0v) is 11.2. The molecule has 110 valence electrons. The Morgan fingerprint density at radius 2 is 2.29 bits per heavy atom. The topological polar surface area (TPSA) is 117 Å².